The van der Waals surface area contributed by atoms with E-state index in [0.717, 1.165) is 5.56 Å². The Labute approximate surface area is 118 Å². The van der Waals surface area contributed by atoms with Gasteiger partial charge in [0.15, 0.2) is 0 Å². The van der Waals surface area contributed by atoms with Crippen molar-refractivity contribution in [3.8, 4) is 0 Å². The molecule has 2 aromatic rings. The van der Waals surface area contributed by atoms with Crippen molar-refractivity contribution in [1.82, 2.24) is 15.1 Å². The standard InChI is InChI=1S/C15H20N4O/c1-11(2)15(12-6-4-3-5-7-12)17-14(20)10-19-9-8-13(16)18-19/h3-9,11,15H,10H2,1-2H3,(H2,16,18)(H,17,20). The van der Waals surface area contributed by atoms with Gasteiger partial charge in [-0.3, -0.25) is 9.48 Å². The fourth-order valence-electron chi connectivity index (χ4n) is 2.13. The second-order valence-corrected chi connectivity index (χ2v) is 5.14. The van der Waals surface area contributed by atoms with Gasteiger partial charge >= 0.3 is 0 Å². The number of rotatable bonds is 5. The lowest BCUT2D eigenvalue weighted by atomic mass is 9.96. The molecule has 1 amide bonds. The SMILES string of the molecule is CC(C)C(NC(=O)Cn1ccc(N)n1)c1ccccc1. The zero-order valence-corrected chi connectivity index (χ0v) is 11.8. The minimum Gasteiger partial charge on any atom is -0.382 e. The van der Waals surface area contributed by atoms with E-state index in [1.54, 1.807) is 12.3 Å². The molecule has 1 aromatic carbocycles. The average molecular weight is 272 g/mol. The van der Waals surface area contributed by atoms with E-state index in [1.807, 2.05) is 30.3 Å². The summed E-state index contributed by atoms with van der Waals surface area (Å²) in [7, 11) is 0. The number of anilines is 1. The van der Waals surface area contributed by atoms with Gasteiger partial charge in [-0.15, -0.1) is 0 Å². The third-order valence-corrected chi connectivity index (χ3v) is 3.11. The molecule has 2 rings (SSSR count). The van der Waals surface area contributed by atoms with Crippen LogP contribution in [0.2, 0.25) is 0 Å². The molecule has 5 heteroatoms. The maximum atomic E-state index is 12.1. The molecule has 3 N–H and O–H groups in total. The van der Waals surface area contributed by atoms with Crippen LogP contribution in [-0.2, 0) is 11.3 Å². The third kappa shape index (κ3) is 3.60. The molecule has 0 bridgehead atoms. The minimum absolute atomic E-state index is 0.00314. The van der Waals surface area contributed by atoms with Gasteiger partial charge in [0.25, 0.3) is 0 Å². The first-order valence-corrected chi connectivity index (χ1v) is 6.69. The van der Waals surface area contributed by atoms with Crippen LogP contribution in [0.4, 0.5) is 5.82 Å². The zero-order chi connectivity index (χ0) is 14.5. The maximum Gasteiger partial charge on any atom is 0.242 e. The first-order chi connectivity index (χ1) is 9.56. The second kappa shape index (κ2) is 6.23. The van der Waals surface area contributed by atoms with Crippen LogP contribution in [0.3, 0.4) is 0 Å². The molecule has 0 spiro atoms. The zero-order valence-electron chi connectivity index (χ0n) is 11.8. The summed E-state index contributed by atoms with van der Waals surface area (Å²) in [6.45, 7) is 4.35. The molecule has 0 saturated carbocycles. The topological polar surface area (TPSA) is 72.9 Å². The number of amides is 1. The van der Waals surface area contributed by atoms with E-state index in [-0.39, 0.29) is 18.5 Å². The van der Waals surface area contributed by atoms with Crippen molar-refractivity contribution in [3.05, 3.63) is 48.2 Å². The van der Waals surface area contributed by atoms with E-state index in [4.69, 9.17) is 5.73 Å². The van der Waals surface area contributed by atoms with E-state index >= 15 is 0 Å². The lowest BCUT2D eigenvalue weighted by Crippen LogP contribution is -2.34. The van der Waals surface area contributed by atoms with Gasteiger partial charge in [-0.1, -0.05) is 44.2 Å². The molecule has 0 aliphatic rings. The molecule has 1 aromatic heterocycles. The predicted octanol–water partition coefficient (Wildman–Crippen LogP) is 1.98. The summed E-state index contributed by atoms with van der Waals surface area (Å²) in [6, 6.07) is 11.6. The monoisotopic (exact) mass is 272 g/mol. The van der Waals surface area contributed by atoms with Crippen molar-refractivity contribution in [3.63, 3.8) is 0 Å². The summed E-state index contributed by atoms with van der Waals surface area (Å²) in [4.78, 5) is 12.1. The number of nitrogens with zero attached hydrogens (tertiary/aromatic N) is 2. The first-order valence-electron chi connectivity index (χ1n) is 6.69. The molecule has 1 heterocycles. The molecule has 1 unspecified atom stereocenters. The molecule has 0 fully saturated rings. The molecule has 0 aliphatic heterocycles. The van der Waals surface area contributed by atoms with Gasteiger partial charge in [0, 0.05) is 6.20 Å². The Morgan fingerprint density at radius 2 is 2.00 bits per heavy atom. The molecule has 0 saturated heterocycles. The van der Waals surface area contributed by atoms with Gasteiger partial charge in [0.1, 0.15) is 12.4 Å². The van der Waals surface area contributed by atoms with E-state index in [0.29, 0.717) is 11.7 Å². The van der Waals surface area contributed by atoms with Crippen molar-refractivity contribution < 1.29 is 4.79 Å². The Bertz CT molecular complexity index is 562. The smallest absolute Gasteiger partial charge is 0.242 e. The number of hydrogen-bond donors (Lipinski definition) is 2. The van der Waals surface area contributed by atoms with E-state index in [2.05, 4.69) is 24.3 Å². The normalized spacial score (nSPS) is 12.3. The Kier molecular flexibility index (Phi) is 4.40. The quantitative estimate of drug-likeness (QED) is 0.874. The van der Waals surface area contributed by atoms with Crippen LogP contribution in [0.5, 0.6) is 0 Å². The molecule has 106 valence electrons. The molecule has 5 nitrogen and oxygen atoms in total. The van der Waals surface area contributed by atoms with Crippen molar-refractivity contribution in [1.29, 1.82) is 0 Å². The van der Waals surface area contributed by atoms with Crippen molar-refractivity contribution in [2.75, 3.05) is 5.73 Å². The highest BCUT2D eigenvalue weighted by atomic mass is 16.2. The van der Waals surface area contributed by atoms with Crippen LogP contribution in [0.15, 0.2) is 42.6 Å². The van der Waals surface area contributed by atoms with Crippen LogP contribution in [0.25, 0.3) is 0 Å². The number of carbonyl (C=O) groups is 1. The summed E-state index contributed by atoms with van der Waals surface area (Å²) in [6.07, 6.45) is 1.70. The van der Waals surface area contributed by atoms with Crippen LogP contribution in [0, 0.1) is 5.92 Å². The summed E-state index contributed by atoms with van der Waals surface area (Å²) >= 11 is 0. The number of hydrogen-bond acceptors (Lipinski definition) is 3. The van der Waals surface area contributed by atoms with Gasteiger partial charge in [0.05, 0.1) is 6.04 Å². The van der Waals surface area contributed by atoms with Crippen LogP contribution >= 0.6 is 0 Å². The van der Waals surface area contributed by atoms with E-state index < -0.39 is 0 Å². The maximum absolute atomic E-state index is 12.1. The van der Waals surface area contributed by atoms with E-state index in [9.17, 15) is 4.79 Å². The Hall–Kier alpha value is -2.30. The average Bonchev–Trinajstić information content (AvgIpc) is 2.82. The number of nitrogens with two attached hydrogens (primary N) is 1. The largest absolute Gasteiger partial charge is 0.382 e. The molecule has 0 radical (unpaired) electrons. The highest BCUT2D eigenvalue weighted by molar-refractivity contribution is 5.76. The lowest BCUT2D eigenvalue weighted by Gasteiger charge is -2.23. The highest BCUT2D eigenvalue weighted by Crippen LogP contribution is 2.21. The van der Waals surface area contributed by atoms with Crippen molar-refractivity contribution in [2.45, 2.75) is 26.4 Å². The van der Waals surface area contributed by atoms with Gasteiger partial charge in [-0.25, -0.2) is 0 Å². The molecule has 1 atom stereocenters. The number of aromatic nitrogens is 2. The molecular weight excluding hydrogens is 252 g/mol. The number of nitrogen functional groups attached to an aromatic ring is 1. The number of carbonyl (C=O) groups excluding carboxylic acids is 1. The van der Waals surface area contributed by atoms with Gasteiger partial charge in [0.2, 0.25) is 5.91 Å². The third-order valence-electron chi connectivity index (χ3n) is 3.11. The Balaban J connectivity index is 2.03. The van der Waals surface area contributed by atoms with E-state index in [1.165, 1.54) is 4.68 Å². The van der Waals surface area contributed by atoms with Crippen LogP contribution < -0.4 is 11.1 Å². The Morgan fingerprint density at radius 3 is 2.55 bits per heavy atom. The first kappa shape index (κ1) is 14.1. The van der Waals surface area contributed by atoms with Crippen molar-refractivity contribution in [2.24, 2.45) is 5.92 Å². The summed E-state index contributed by atoms with van der Waals surface area (Å²) in [5, 5.41) is 7.06. The molecule has 20 heavy (non-hydrogen) atoms. The summed E-state index contributed by atoms with van der Waals surface area (Å²) < 4.78 is 1.53. The second-order valence-electron chi connectivity index (χ2n) is 5.14. The van der Waals surface area contributed by atoms with Crippen LogP contribution in [-0.4, -0.2) is 15.7 Å². The summed E-state index contributed by atoms with van der Waals surface area (Å²) in [5.74, 6) is 0.654. The lowest BCUT2D eigenvalue weighted by molar-refractivity contribution is -0.122. The predicted molar refractivity (Wildman–Crippen MR) is 78.8 cm³/mol. The van der Waals surface area contributed by atoms with Gasteiger partial charge < -0.3 is 11.1 Å². The van der Waals surface area contributed by atoms with Gasteiger partial charge in [-0.2, -0.15) is 5.10 Å². The minimum atomic E-state index is -0.0735. The fraction of sp³-hybridized carbons (Fsp3) is 0.333. The summed E-state index contributed by atoms with van der Waals surface area (Å²) in [5.41, 5.74) is 6.64. The molecule has 0 aliphatic carbocycles. The molecular formula is C15H20N4O. The number of benzene rings is 1. The fourth-order valence-corrected chi connectivity index (χ4v) is 2.13. The van der Waals surface area contributed by atoms with Gasteiger partial charge in [-0.05, 0) is 17.5 Å². The van der Waals surface area contributed by atoms with Crippen LogP contribution in [0.1, 0.15) is 25.5 Å². The Morgan fingerprint density at radius 1 is 1.30 bits per heavy atom. The number of nitrogens with one attached hydrogen (secondary N) is 1. The van der Waals surface area contributed by atoms with Crippen molar-refractivity contribution >= 4 is 11.7 Å². The highest BCUT2D eigenvalue weighted by Gasteiger charge is 2.18.